The molecule has 2 atom stereocenters. The van der Waals surface area contributed by atoms with Gasteiger partial charge >= 0.3 is 0 Å². The van der Waals surface area contributed by atoms with E-state index < -0.39 is 10.0 Å². The molecule has 0 aromatic heterocycles. The molecule has 1 aromatic carbocycles. The number of benzene rings is 1. The first-order chi connectivity index (χ1) is 12.4. The molecule has 26 heavy (non-hydrogen) atoms. The Hall–Kier alpha value is -1.70. The summed E-state index contributed by atoms with van der Waals surface area (Å²) in [5, 5.41) is 3.11. The lowest BCUT2D eigenvalue weighted by Gasteiger charge is -2.61. The fraction of sp³-hybridized carbons (Fsp3) is 0.526. The molecule has 2 aliphatic rings. The number of ether oxygens (including phenoxy) is 1. The Morgan fingerprint density at radius 3 is 2.58 bits per heavy atom. The molecule has 142 valence electrons. The van der Waals surface area contributed by atoms with Gasteiger partial charge in [0.1, 0.15) is 0 Å². The molecule has 2 saturated carbocycles. The number of rotatable bonds is 8. The van der Waals surface area contributed by atoms with Gasteiger partial charge in [0.25, 0.3) is 5.91 Å². The molecule has 0 aliphatic heterocycles. The first-order valence-electron chi connectivity index (χ1n) is 9.06. The number of hydrogen-bond donors (Lipinski definition) is 2. The van der Waals surface area contributed by atoms with Gasteiger partial charge in [-0.1, -0.05) is 12.5 Å². The predicted molar refractivity (Wildman–Crippen MR) is 99.4 cm³/mol. The first kappa shape index (κ1) is 19.1. The third-order valence-corrected chi connectivity index (χ3v) is 7.03. The Morgan fingerprint density at radius 1 is 1.35 bits per heavy atom. The van der Waals surface area contributed by atoms with Gasteiger partial charge in [0.15, 0.2) is 0 Å². The molecule has 2 N–H and O–H groups in total. The number of carbonyl (C=O) groups excluding carboxylic acids is 1. The fourth-order valence-corrected chi connectivity index (χ4v) is 4.92. The average Bonchev–Trinajstić information content (AvgIpc) is 2.57. The summed E-state index contributed by atoms with van der Waals surface area (Å²) in [6.45, 7) is 6.34. The lowest BCUT2D eigenvalue weighted by atomic mass is 9.51. The second-order valence-electron chi connectivity index (χ2n) is 6.96. The van der Waals surface area contributed by atoms with Gasteiger partial charge in [-0.15, -0.1) is 6.58 Å². The van der Waals surface area contributed by atoms with Crippen LogP contribution in [0.3, 0.4) is 0 Å². The highest BCUT2D eigenvalue weighted by atomic mass is 32.2. The van der Waals surface area contributed by atoms with E-state index in [1.165, 1.54) is 24.6 Å². The maximum Gasteiger partial charge on any atom is 0.251 e. The molecule has 0 unspecified atom stereocenters. The predicted octanol–water partition coefficient (Wildman–Crippen LogP) is 2.23. The molecule has 3 rings (SSSR count). The van der Waals surface area contributed by atoms with Crippen LogP contribution in [0.15, 0.2) is 41.8 Å². The van der Waals surface area contributed by atoms with Crippen molar-refractivity contribution in [2.24, 2.45) is 5.41 Å². The quantitative estimate of drug-likeness (QED) is 0.680. The normalized spacial score (nSPS) is 23.7. The minimum atomic E-state index is -3.58. The van der Waals surface area contributed by atoms with Gasteiger partial charge in [-0.3, -0.25) is 4.79 Å². The Balaban J connectivity index is 1.63. The van der Waals surface area contributed by atoms with Crippen molar-refractivity contribution < 1.29 is 17.9 Å². The van der Waals surface area contributed by atoms with Crippen molar-refractivity contribution >= 4 is 15.9 Å². The molecule has 1 amide bonds. The molecule has 1 spiro atoms. The summed E-state index contributed by atoms with van der Waals surface area (Å²) in [4.78, 5) is 12.7. The molecular weight excluding hydrogens is 352 g/mol. The van der Waals surface area contributed by atoms with Crippen molar-refractivity contribution in [3.8, 4) is 0 Å². The van der Waals surface area contributed by atoms with Gasteiger partial charge in [-0.05, 0) is 50.5 Å². The molecule has 0 saturated heterocycles. The van der Waals surface area contributed by atoms with Gasteiger partial charge < -0.3 is 10.1 Å². The van der Waals surface area contributed by atoms with Gasteiger partial charge in [0.05, 0.1) is 11.0 Å². The van der Waals surface area contributed by atoms with Crippen LogP contribution in [0.4, 0.5) is 0 Å². The van der Waals surface area contributed by atoms with Gasteiger partial charge in [0, 0.05) is 30.2 Å². The van der Waals surface area contributed by atoms with Crippen LogP contribution in [-0.4, -0.2) is 39.6 Å². The summed E-state index contributed by atoms with van der Waals surface area (Å²) in [6, 6.07) is 6.12. The Morgan fingerprint density at radius 2 is 2.04 bits per heavy atom. The molecule has 0 heterocycles. The van der Waals surface area contributed by atoms with Crippen LogP contribution < -0.4 is 10.0 Å². The maximum absolute atomic E-state index is 12.5. The lowest BCUT2D eigenvalue weighted by molar-refractivity contribution is -0.169. The van der Waals surface area contributed by atoms with Crippen molar-refractivity contribution in [1.29, 1.82) is 0 Å². The van der Waals surface area contributed by atoms with E-state index in [0.29, 0.717) is 12.2 Å². The van der Waals surface area contributed by atoms with E-state index in [1.807, 2.05) is 6.92 Å². The molecule has 2 aliphatic carbocycles. The topological polar surface area (TPSA) is 84.5 Å². The second kappa shape index (κ2) is 7.50. The van der Waals surface area contributed by atoms with Crippen LogP contribution in [0, 0.1) is 5.41 Å². The van der Waals surface area contributed by atoms with Crippen LogP contribution in [0.1, 0.15) is 43.0 Å². The fourth-order valence-electron chi connectivity index (χ4n) is 3.92. The van der Waals surface area contributed by atoms with Crippen LogP contribution in [0.2, 0.25) is 0 Å². The zero-order valence-corrected chi connectivity index (χ0v) is 15.8. The summed E-state index contributed by atoms with van der Waals surface area (Å²) in [5.74, 6) is -0.167. The summed E-state index contributed by atoms with van der Waals surface area (Å²) in [7, 11) is -3.58. The van der Waals surface area contributed by atoms with Crippen LogP contribution in [0.5, 0.6) is 0 Å². The van der Waals surface area contributed by atoms with E-state index in [-0.39, 0.29) is 34.9 Å². The highest BCUT2D eigenvalue weighted by Crippen LogP contribution is 2.57. The molecule has 1 aromatic rings. The minimum Gasteiger partial charge on any atom is -0.378 e. The molecule has 2 fully saturated rings. The first-order valence-corrected chi connectivity index (χ1v) is 10.5. The number of sulfonamides is 1. The van der Waals surface area contributed by atoms with Crippen molar-refractivity contribution in [3.05, 3.63) is 42.5 Å². The van der Waals surface area contributed by atoms with Crippen molar-refractivity contribution in [2.45, 2.75) is 49.6 Å². The highest BCUT2D eigenvalue weighted by molar-refractivity contribution is 7.89. The number of carbonyl (C=O) groups is 1. The van der Waals surface area contributed by atoms with E-state index in [2.05, 4.69) is 16.6 Å². The summed E-state index contributed by atoms with van der Waals surface area (Å²) < 4.78 is 32.3. The second-order valence-corrected chi connectivity index (χ2v) is 8.72. The Labute approximate surface area is 155 Å². The minimum absolute atomic E-state index is 0.101. The Bertz CT molecular complexity index is 769. The van der Waals surface area contributed by atoms with E-state index >= 15 is 0 Å². The van der Waals surface area contributed by atoms with Gasteiger partial charge in [-0.25, -0.2) is 13.1 Å². The van der Waals surface area contributed by atoms with Crippen molar-refractivity contribution in [3.63, 3.8) is 0 Å². The number of nitrogens with one attached hydrogen (secondary N) is 2. The molecule has 0 radical (unpaired) electrons. The zero-order chi connectivity index (χ0) is 18.8. The number of hydrogen-bond acceptors (Lipinski definition) is 4. The van der Waals surface area contributed by atoms with E-state index in [0.717, 1.165) is 19.3 Å². The van der Waals surface area contributed by atoms with Gasteiger partial charge in [-0.2, -0.15) is 0 Å². The summed E-state index contributed by atoms with van der Waals surface area (Å²) in [5.41, 5.74) is 0.561. The summed E-state index contributed by atoms with van der Waals surface area (Å²) in [6.07, 6.45) is 5.93. The Kier molecular flexibility index (Phi) is 5.50. The van der Waals surface area contributed by atoms with E-state index in [4.69, 9.17) is 4.74 Å². The highest BCUT2D eigenvalue weighted by Gasteiger charge is 2.59. The molecule has 0 bridgehead atoms. The summed E-state index contributed by atoms with van der Waals surface area (Å²) >= 11 is 0. The standard InChI is InChI=1S/C19H26N2O4S/c1-3-12-20-26(23,24)15-8-6-14(7-9-15)18(22)21-16-13-17(25-4-2)19(16)10-5-11-19/h3,6-9,16-17,20H,1,4-5,10-13H2,2H3,(H,21,22)/t16-,17+/m0/s1. The van der Waals surface area contributed by atoms with Crippen molar-refractivity contribution in [1.82, 2.24) is 10.0 Å². The lowest BCUT2D eigenvalue weighted by Crippen LogP contribution is -2.67. The molecule has 7 heteroatoms. The molecule has 6 nitrogen and oxygen atoms in total. The van der Waals surface area contributed by atoms with Crippen LogP contribution >= 0.6 is 0 Å². The van der Waals surface area contributed by atoms with Gasteiger partial charge in [0.2, 0.25) is 10.0 Å². The third-order valence-electron chi connectivity index (χ3n) is 5.59. The average molecular weight is 378 g/mol. The zero-order valence-electron chi connectivity index (χ0n) is 15.0. The SMILES string of the molecule is C=CCNS(=O)(=O)c1ccc(C(=O)N[C@H]2C[C@@H](OCC)C23CCC3)cc1. The van der Waals surface area contributed by atoms with E-state index in [1.54, 1.807) is 12.1 Å². The maximum atomic E-state index is 12.5. The monoisotopic (exact) mass is 378 g/mol. The largest absolute Gasteiger partial charge is 0.378 e. The molecular formula is C19H26N2O4S. The van der Waals surface area contributed by atoms with E-state index in [9.17, 15) is 13.2 Å². The smallest absolute Gasteiger partial charge is 0.251 e. The van der Waals surface area contributed by atoms with Crippen LogP contribution in [-0.2, 0) is 14.8 Å². The number of amides is 1. The van der Waals surface area contributed by atoms with Crippen molar-refractivity contribution in [2.75, 3.05) is 13.2 Å². The van der Waals surface area contributed by atoms with Crippen LogP contribution in [0.25, 0.3) is 0 Å². The third kappa shape index (κ3) is 3.43.